The van der Waals surface area contributed by atoms with Crippen molar-refractivity contribution in [3.63, 3.8) is 0 Å². The van der Waals surface area contributed by atoms with E-state index in [0.717, 1.165) is 0 Å². The Morgan fingerprint density at radius 3 is 2.83 bits per heavy atom. The van der Waals surface area contributed by atoms with E-state index in [-0.39, 0.29) is 24.9 Å². The zero-order valence-electron chi connectivity index (χ0n) is 16.5. The number of carbonyl (C=O) groups excluding carboxylic acids is 3. The highest BCUT2D eigenvalue weighted by Gasteiger charge is 2.45. The van der Waals surface area contributed by atoms with Crippen molar-refractivity contribution in [2.24, 2.45) is 0 Å². The highest BCUT2D eigenvalue weighted by molar-refractivity contribution is 6.03. The molecule has 30 heavy (non-hydrogen) atoms. The molecule has 0 spiro atoms. The van der Waals surface area contributed by atoms with Gasteiger partial charge in [-0.05, 0) is 36.8 Å². The maximum absolute atomic E-state index is 13.8. The Balaban J connectivity index is 1.56. The summed E-state index contributed by atoms with van der Waals surface area (Å²) in [5.41, 5.74) is 1.31. The minimum Gasteiger partial charge on any atom is -0.467 e. The molecule has 2 aliphatic heterocycles. The molecule has 2 atom stereocenters. The quantitative estimate of drug-likeness (QED) is 0.785. The minimum absolute atomic E-state index is 0.110. The molecule has 8 nitrogen and oxygen atoms in total. The topological polar surface area (TPSA) is 94.9 Å². The number of urea groups is 1. The van der Waals surface area contributed by atoms with Crippen LogP contribution in [0.3, 0.4) is 0 Å². The van der Waals surface area contributed by atoms with Gasteiger partial charge in [0.2, 0.25) is 5.91 Å². The lowest BCUT2D eigenvalue weighted by atomic mass is 9.95. The largest absolute Gasteiger partial charge is 0.467 e. The third kappa shape index (κ3) is 3.42. The summed E-state index contributed by atoms with van der Waals surface area (Å²) in [4.78, 5) is 41.0. The van der Waals surface area contributed by atoms with E-state index in [4.69, 9.17) is 4.42 Å². The van der Waals surface area contributed by atoms with Gasteiger partial charge in [0.1, 0.15) is 17.6 Å². The van der Waals surface area contributed by atoms with Crippen molar-refractivity contribution in [2.75, 3.05) is 13.6 Å². The van der Waals surface area contributed by atoms with Crippen molar-refractivity contribution in [1.29, 1.82) is 0 Å². The first-order valence-corrected chi connectivity index (χ1v) is 9.50. The maximum Gasteiger partial charge on any atom is 0.322 e. The number of rotatable bonds is 5. The number of likely N-dealkylation sites (N-methyl/N-ethyl adjacent to an activating group) is 1. The molecule has 0 fully saturated rings. The van der Waals surface area contributed by atoms with E-state index in [0.29, 0.717) is 22.6 Å². The molecule has 9 heteroatoms. The highest BCUT2D eigenvalue weighted by atomic mass is 19.1. The first-order valence-electron chi connectivity index (χ1n) is 9.50. The molecule has 0 radical (unpaired) electrons. The molecule has 0 saturated heterocycles. The predicted octanol–water partition coefficient (Wildman–Crippen LogP) is 1.92. The van der Waals surface area contributed by atoms with Crippen molar-refractivity contribution in [2.45, 2.75) is 25.6 Å². The van der Waals surface area contributed by atoms with Gasteiger partial charge in [-0.25, -0.2) is 9.18 Å². The maximum atomic E-state index is 13.8. The van der Waals surface area contributed by atoms with E-state index in [1.807, 2.05) is 0 Å². The summed E-state index contributed by atoms with van der Waals surface area (Å²) in [5, 5.41) is 5.49. The van der Waals surface area contributed by atoms with Crippen LogP contribution >= 0.6 is 0 Å². The van der Waals surface area contributed by atoms with Crippen molar-refractivity contribution < 1.29 is 23.2 Å². The van der Waals surface area contributed by atoms with Gasteiger partial charge in [0.15, 0.2) is 0 Å². The standard InChI is InChI=1S/C21H21FN4O4/c1-12(19(27)23-10-15-7-4-8-30-15)26-11-16-17(20(26)28)18(24-21(29)25(16)2)13-5-3-6-14(22)9-13/h3-9,12,18H,10-11H2,1-2H3,(H,23,27)(H,24,29)/t12-,18+/m0/s1. The molecule has 0 aliphatic carbocycles. The third-order valence-electron chi connectivity index (χ3n) is 5.43. The number of halogens is 1. The fourth-order valence-corrected chi connectivity index (χ4v) is 3.71. The van der Waals surface area contributed by atoms with Crippen LogP contribution in [0.25, 0.3) is 0 Å². The summed E-state index contributed by atoms with van der Waals surface area (Å²) in [5.74, 6) is -0.576. The predicted molar refractivity (Wildman–Crippen MR) is 104 cm³/mol. The lowest BCUT2D eigenvalue weighted by Gasteiger charge is -2.31. The molecule has 4 amide bonds. The summed E-state index contributed by atoms with van der Waals surface area (Å²) in [6.07, 6.45) is 1.51. The fraction of sp³-hybridized carbons (Fsp3) is 0.286. The van der Waals surface area contributed by atoms with Gasteiger partial charge in [0.05, 0.1) is 36.7 Å². The van der Waals surface area contributed by atoms with Gasteiger partial charge in [-0.1, -0.05) is 12.1 Å². The van der Waals surface area contributed by atoms with Crippen LogP contribution in [-0.4, -0.2) is 47.3 Å². The summed E-state index contributed by atoms with van der Waals surface area (Å²) in [6.45, 7) is 1.94. The SMILES string of the molecule is C[C@@H](C(=O)NCc1ccco1)N1CC2=C(C1=O)[C@@H](c1cccc(F)c1)NC(=O)N2C. The van der Waals surface area contributed by atoms with Crippen LogP contribution in [0.4, 0.5) is 9.18 Å². The van der Waals surface area contributed by atoms with Crippen molar-refractivity contribution in [3.05, 3.63) is 71.1 Å². The molecule has 2 aliphatic rings. The second-order valence-corrected chi connectivity index (χ2v) is 7.26. The fourth-order valence-electron chi connectivity index (χ4n) is 3.71. The van der Waals surface area contributed by atoms with Gasteiger partial charge in [-0.15, -0.1) is 0 Å². The molecule has 0 saturated carbocycles. The molecule has 4 rings (SSSR count). The number of furan rings is 1. The molecule has 1 aromatic carbocycles. The zero-order chi connectivity index (χ0) is 21.4. The third-order valence-corrected chi connectivity index (χ3v) is 5.43. The second-order valence-electron chi connectivity index (χ2n) is 7.26. The van der Waals surface area contributed by atoms with Crippen LogP contribution in [0.2, 0.25) is 0 Å². The summed E-state index contributed by atoms with van der Waals surface area (Å²) in [6, 6.07) is 7.27. The second kappa shape index (κ2) is 7.66. The Kier molecular flexibility index (Phi) is 5.03. The number of nitrogens with zero attached hydrogens (tertiary/aromatic N) is 2. The number of carbonyl (C=O) groups is 3. The van der Waals surface area contributed by atoms with Crippen LogP contribution in [0.1, 0.15) is 24.3 Å². The van der Waals surface area contributed by atoms with Crippen LogP contribution in [0, 0.1) is 5.82 Å². The Hall–Kier alpha value is -3.62. The lowest BCUT2D eigenvalue weighted by Crippen LogP contribution is -2.46. The van der Waals surface area contributed by atoms with Gasteiger partial charge in [0, 0.05) is 7.05 Å². The molecular weight excluding hydrogens is 391 g/mol. The average molecular weight is 412 g/mol. The van der Waals surface area contributed by atoms with E-state index in [9.17, 15) is 18.8 Å². The number of benzene rings is 1. The minimum atomic E-state index is -0.782. The Bertz CT molecular complexity index is 1030. The monoisotopic (exact) mass is 412 g/mol. The van der Waals surface area contributed by atoms with Crippen molar-refractivity contribution >= 4 is 17.8 Å². The van der Waals surface area contributed by atoms with Gasteiger partial charge in [0.25, 0.3) is 5.91 Å². The van der Waals surface area contributed by atoms with Crippen molar-refractivity contribution in [1.82, 2.24) is 20.4 Å². The number of nitrogens with one attached hydrogen (secondary N) is 2. The molecule has 156 valence electrons. The van der Waals surface area contributed by atoms with E-state index in [1.54, 1.807) is 32.2 Å². The molecule has 1 aromatic heterocycles. The summed E-state index contributed by atoms with van der Waals surface area (Å²) < 4.78 is 19.0. The summed E-state index contributed by atoms with van der Waals surface area (Å²) >= 11 is 0. The van der Waals surface area contributed by atoms with Gasteiger partial charge < -0.3 is 20.0 Å². The number of hydrogen-bond donors (Lipinski definition) is 2. The molecule has 2 aromatic rings. The van der Waals surface area contributed by atoms with E-state index >= 15 is 0 Å². The van der Waals surface area contributed by atoms with Crippen LogP contribution < -0.4 is 10.6 Å². The molecular formula is C21H21FN4O4. The smallest absolute Gasteiger partial charge is 0.322 e. The van der Waals surface area contributed by atoms with Gasteiger partial charge in [-0.3, -0.25) is 14.5 Å². The Morgan fingerprint density at radius 2 is 2.13 bits per heavy atom. The van der Waals surface area contributed by atoms with Gasteiger partial charge >= 0.3 is 6.03 Å². The normalized spacial score (nSPS) is 19.6. The van der Waals surface area contributed by atoms with E-state index in [2.05, 4.69) is 10.6 Å². The lowest BCUT2D eigenvalue weighted by molar-refractivity contribution is -0.135. The van der Waals surface area contributed by atoms with Crippen molar-refractivity contribution in [3.8, 4) is 0 Å². The van der Waals surface area contributed by atoms with Crippen LogP contribution in [0.5, 0.6) is 0 Å². The Morgan fingerprint density at radius 1 is 1.33 bits per heavy atom. The number of hydrogen-bond acceptors (Lipinski definition) is 4. The highest BCUT2D eigenvalue weighted by Crippen LogP contribution is 2.36. The zero-order valence-corrected chi connectivity index (χ0v) is 16.5. The molecule has 0 bridgehead atoms. The summed E-state index contributed by atoms with van der Waals surface area (Å²) in [7, 11) is 1.56. The number of amides is 4. The van der Waals surface area contributed by atoms with Crippen LogP contribution in [0.15, 0.2) is 58.3 Å². The van der Waals surface area contributed by atoms with E-state index in [1.165, 1.54) is 34.3 Å². The first-order chi connectivity index (χ1) is 14.4. The molecule has 3 heterocycles. The van der Waals surface area contributed by atoms with E-state index < -0.39 is 23.9 Å². The van der Waals surface area contributed by atoms with Crippen LogP contribution in [-0.2, 0) is 16.1 Å². The first kappa shape index (κ1) is 19.7. The molecule has 0 unspecified atom stereocenters. The van der Waals surface area contributed by atoms with Gasteiger partial charge in [-0.2, -0.15) is 0 Å². The molecule has 2 N–H and O–H groups in total. The Labute approximate surface area is 172 Å². The average Bonchev–Trinajstić information content (AvgIpc) is 3.36.